The molecule has 1 heterocycles. The van der Waals surface area contributed by atoms with Crippen molar-refractivity contribution in [2.75, 3.05) is 6.54 Å². The number of ether oxygens (including phenoxy) is 2. The van der Waals surface area contributed by atoms with Gasteiger partial charge in [0.2, 0.25) is 0 Å². The molecule has 1 aliphatic heterocycles. The Balaban J connectivity index is 2.22. The Kier molecular flexibility index (Phi) is 3.19. The Morgan fingerprint density at radius 2 is 2.00 bits per heavy atom. The van der Waals surface area contributed by atoms with Crippen molar-refractivity contribution in [3.8, 4) is 11.5 Å². The van der Waals surface area contributed by atoms with Gasteiger partial charge in [-0.15, -0.1) is 8.78 Å². The summed E-state index contributed by atoms with van der Waals surface area (Å²) in [6.45, 7) is 2.44. The largest absolute Gasteiger partial charge is 0.586 e. The zero-order chi connectivity index (χ0) is 12.5. The number of hydrogen-bond donors (Lipinski definition) is 1. The Bertz CT molecular complexity index is 421. The van der Waals surface area contributed by atoms with Gasteiger partial charge in [-0.2, -0.15) is 0 Å². The van der Waals surface area contributed by atoms with Crippen LogP contribution in [-0.4, -0.2) is 12.8 Å². The minimum atomic E-state index is -3.54. The summed E-state index contributed by atoms with van der Waals surface area (Å²) < 4.78 is 34.9. The lowest BCUT2D eigenvalue weighted by Gasteiger charge is -2.07. The maximum absolute atomic E-state index is 13.0. The van der Waals surface area contributed by atoms with Crippen molar-refractivity contribution < 1.29 is 18.3 Å². The van der Waals surface area contributed by atoms with Crippen LogP contribution < -0.4 is 15.2 Å². The zero-order valence-corrected chi connectivity index (χ0v) is 9.63. The summed E-state index contributed by atoms with van der Waals surface area (Å²) in [6.07, 6.45) is -1.17. The molecule has 0 unspecified atom stereocenters. The summed E-state index contributed by atoms with van der Waals surface area (Å²) in [5.74, 6) is 0.287. The second kappa shape index (κ2) is 4.49. The SMILES string of the molecule is Cc1cc(CCCCN)c2c(c1)OC(F)(F)O2. The van der Waals surface area contributed by atoms with E-state index >= 15 is 0 Å². The number of benzene rings is 1. The number of rotatable bonds is 4. The van der Waals surface area contributed by atoms with Gasteiger partial charge in [0.05, 0.1) is 0 Å². The van der Waals surface area contributed by atoms with E-state index in [0.717, 1.165) is 24.0 Å². The van der Waals surface area contributed by atoms with Gasteiger partial charge in [0.1, 0.15) is 0 Å². The summed E-state index contributed by atoms with van der Waals surface area (Å²) in [4.78, 5) is 0. The van der Waals surface area contributed by atoms with Crippen molar-refractivity contribution in [3.05, 3.63) is 23.3 Å². The molecule has 0 aliphatic carbocycles. The zero-order valence-electron chi connectivity index (χ0n) is 9.63. The molecule has 0 radical (unpaired) electrons. The van der Waals surface area contributed by atoms with E-state index in [1.54, 1.807) is 6.07 Å². The van der Waals surface area contributed by atoms with Crippen molar-refractivity contribution in [3.63, 3.8) is 0 Å². The fourth-order valence-corrected chi connectivity index (χ4v) is 1.92. The highest BCUT2D eigenvalue weighted by atomic mass is 19.3. The van der Waals surface area contributed by atoms with Crippen LogP contribution in [0, 0.1) is 6.92 Å². The summed E-state index contributed by atoms with van der Waals surface area (Å²) in [6, 6.07) is 3.41. The van der Waals surface area contributed by atoms with Gasteiger partial charge < -0.3 is 15.2 Å². The van der Waals surface area contributed by atoms with E-state index in [9.17, 15) is 8.78 Å². The third-order valence-corrected chi connectivity index (χ3v) is 2.63. The van der Waals surface area contributed by atoms with Gasteiger partial charge in [-0.3, -0.25) is 0 Å². The van der Waals surface area contributed by atoms with Crippen molar-refractivity contribution in [2.24, 2.45) is 5.73 Å². The van der Waals surface area contributed by atoms with E-state index in [1.165, 1.54) is 0 Å². The molecular weight excluding hydrogens is 228 g/mol. The Labute approximate surface area is 98.5 Å². The molecule has 0 atom stereocenters. The monoisotopic (exact) mass is 243 g/mol. The first-order chi connectivity index (χ1) is 8.02. The molecule has 2 N–H and O–H groups in total. The molecule has 0 saturated heterocycles. The number of aryl methyl sites for hydroxylation is 2. The molecule has 1 aromatic rings. The van der Waals surface area contributed by atoms with Crippen LogP contribution in [0.1, 0.15) is 24.0 Å². The van der Waals surface area contributed by atoms with Gasteiger partial charge in [0.15, 0.2) is 11.5 Å². The molecule has 94 valence electrons. The standard InChI is InChI=1S/C12H15F2NO2/c1-8-6-9(4-2-3-5-15)11-10(7-8)16-12(13,14)17-11/h6-7H,2-5,15H2,1H3. The maximum atomic E-state index is 13.0. The van der Waals surface area contributed by atoms with Gasteiger partial charge in [0.25, 0.3) is 0 Å². The topological polar surface area (TPSA) is 44.5 Å². The highest BCUT2D eigenvalue weighted by molar-refractivity contribution is 5.51. The highest BCUT2D eigenvalue weighted by Crippen LogP contribution is 2.44. The van der Waals surface area contributed by atoms with Crippen molar-refractivity contribution in [1.29, 1.82) is 0 Å². The van der Waals surface area contributed by atoms with E-state index in [-0.39, 0.29) is 11.5 Å². The molecule has 3 nitrogen and oxygen atoms in total. The van der Waals surface area contributed by atoms with E-state index in [4.69, 9.17) is 5.73 Å². The predicted octanol–water partition coefficient (Wildman–Crippen LogP) is 2.60. The van der Waals surface area contributed by atoms with Crippen LogP contribution in [0.25, 0.3) is 0 Å². The molecule has 0 bridgehead atoms. The predicted molar refractivity (Wildman–Crippen MR) is 59.4 cm³/mol. The van der Waals surface area contributed by atoms with Gasteiger partial charge in [0, 0.05) is 0 Å². The number of hydrogen-bond acceptors (Lipinski definition) is 3. The quantitative estimate of drug-likeness (QED) is 0.827. The number of nitrogens with two attached hydrogens (primary N) is 1. The molecule has 5 heteroatoms. The number of fused-ring (bicyclic) bond motifs is 1. The van der Waals surface area contributed by atoms with Crippen LogP contribution in [-0.2, 0) is 6.42 Å². The molecule has 1 aliphatic rings. The second-order valence-corrected chi connectivity index (χ2v) is 4.16. The first-order valence-electron chi connectivity index (χ1n) is 5.61. The first kappa shape index (κ1) is 12.1. The molecule has 1 aromatic carbocycles. The normalized spacial score (nSPS) is 16.2. The summed E-state index contributed by atoms with van der Waals surface area (Å²) >= 11 is 0. The summed E-state index contributed by atoms with van der Waals surface area (Å²) in [5.41, 5.74) is 7.04. The van der Waals surface area contributed by atoms with Crippen LogP contribution in [0.4, 0.5) is 8.78 Å². The lowest BCUT2D eigenvalue weighted by molar-refractivity contribution is -0.286. The smallest absolute Gasteiger partial charge is 0.395 e. The van der Waals surface area contributed by atoms with Crippen LogP contribution in [0.3, 0.4) is 0 Å². The fraction of sp³-hybridized carbons (Fsp3) is 0.500. The number of alkyl halides is 2. The first-order valence-corrected chi connectivity index (χ1v) is 5.61. The van der Waals surface area contributed by atoms with Gasteiger partial charge >= 0.3 is 6.29 Å². The number of unbranched alkanes of at least 4 members (excludes halogenated alkanes) is 1. The third kappa shape index (κ3) is 2.66. The van der Waals surface area contributed by atoms with Crippen molar-refractivity contribution >= 4 is 0 Å². The van der Waals surface area contributed by atoms with E-state index < -0.39 is 6.29 Å². The third-order valence-electron chi connectivity index (χ3n) is 2.63. The van der Waals surface area contributed by atoms with Crippen LogP contribution in [0.2, 0.25) is 0 Å². The minimum Gasteiger partial charge on any atom is -0.395 e. The molecule has 0 amide bonds. The average molecular weight is 243 g/mol. The number of halogens is 2. The van der Waals surface area contributed by atoms with Crippen molar-refractivity contribution in [2.45, 2.75) is 32.5 Å². The lowest BCUT2D eigenvalue weighted by atomic mass is 10.0. The molecular formula is C12H15F2NO2. The Hall–Kier alpha value is -1.36. The Morgan fingerprint density at radius 1 is 1.24 bits per heavy atom. The van der Waals surface area contributed by atoms with Crippen molar-refractivity contribution in [1.82, 2.24) is 0 Å². The molecule has 0 fully saturated rings. The lowest BCUT2D eigenvalue weighted by Crippen LogP contribution is -2.26. The molecule has 0 saturated carbocycles. The van der Waals surface area contributed by atoms with Crippen LogP contribution in [0.15, 0.2) is 12.1 Å². The fourth-order valence-electron chi connectivity index (χ4n) is 1.92. The van der Waals surface area contributed by atoms with E-state index in [1.807, 2.05) is 13.0 Å². The second-order valence-electron chi connectivity index (χ2n) is 4.16. The van der Waals surface area contributed by atoms with Gasteiger partial charge in [-0.05, 0) is 49.9 Å². The van der Waals surface area contributed by atoms with Gasteiger partial charge in [-0.1, -0.05) is 6.07 Å². The maximum Gasteiger partial charge on any atom is 0.586 e. The minimum absolute atomic E-state index is 0.123. The van der Waals surface area contributed by atoms with Gasteiger partial charge in [-0.25, -0.2) is 0 Å². The van der Waals surface area contributed by atoms with Crippen LogP contribution >= 0.6 is 0 Å². The Morgan fingerprint density at radius 3 is 2.71 bits per heavy atom. The summed E-state index contributed by atoms with van der Waals surface area (Å²) in [7, 11) is 0. The summed E-state index contributed by atoms with van der Waals surface area (Å²) in [5, 5.41) is 0. The van der Waals surface area contributed by atoms with E-state index in [0.29, 0.717) is 13.0 Å². The van der Waals surface area contributed by atoms with Crippen LogP contribution in [0.5, 0.6) is 11.5 Å². The molecule has 17 heavy (non-hydrogen) atoms. The molecule has 0 aromatic heterocycles. The van der Waals surface area contributed by atoms with E-state index in [2.05, 4.69) is 9.47 Å². The highest BCUT2D eigenvalue weighted by Gasteiger charge is 2.44. The average Bonchev–Trinajstić information content (AvgIpc) is 2.52. The molecule has 0 spiro atoms. The molecule has 2 rings (SSSR count).